The molecule has 0 aromatic heterocycles. The van der Waals surface area contributed by atoms with Crippen LogP contribution in [0, 0.1) is 0 Å². The predicted molar refractivity (Wildman–Crippen MR) is 104 cm³/mol. The van der Waals surface area contributed by atoms with Crippen LogP contribution in [-0.2, 0) is 0 Å². The Morgan fingerprint density at radius 1 is 0.615 bits per heavy atom. The molecule has 3 rings (SSSR count). The van der Waals surface area contributed by atoms with Gasteiger partial charge in [0.15, 0.2) is 23.0 Å². The highest BCUT2D eigenvalue weighted by atomic mass is 16.3. The van der Waals surface area contributed by atoms with Crippen molar-refractivity contribution < 1.29 is 20.4 Å². The van der Waals surface area contributed by atoms with Gasteiger partial charge >= 0.3 is 0 Å². The number of rotatable bonds is 4. The molecule has 0 aliphatic rings. The van der Waals surface area contributed by atoms with Crippen LogP contribution in [0.4, 0.5) is 0 Å². The number of hydrogen-bond acceptors (Lipinski definition) is 4. The second-order valence-electron chi connectivity index (χ2n) is 5.78. The van der Waals surface area contributed by atoms with E-state index in [4.69, 9.17) is 0 Å². The zero-order valence-electron chi connectivity index (χ0n) is 14.0. The summed E-state index contributed by atoms with van der Waals surface area (Å²) in [5.41, 5.74) is 3.43. The van der Waals surface area contributed by atoms with Crippen LogP contribution in [0.25, 0.3) is 34.4 Å². The number of phenolic OH excluding ortho intramolecular Hbond substituents is 4. The van der Waals surface area contributed by atoms with Crippen LogP contribution in [0.1, 0.15) is 11.1 Å². The van der Waals surface area contributed by atoms with Gasteiger partial charge in [0.05, 0.1) is 0 Å². The first-order chi connectivity index (χ1) is 12.5. The maximum absolute atomic E-state index is 10.3. The van der Waals surface area contributed by atoms with Gasteiger partial charge in [-0.25, -0.2) is 0 Å². The highest BCUT2D eigenvalue weighted by molar-refractivity contribution is 5.88. The summed E-state index contributed by atoms with van der Waals surface area (Å²) in [7, 11) is 0. The molecule has 4 heteroatoms. The molecule has 0 unspecified atom stereocenters. The summed E-state index contributed by atoms with van der Waals surface area (Å²) in [6, 6.07) is 13.2. The van der Waals surface area contributed by atoms with Crippen molar-refractivity contribution in [1.29, 1.82) is 0 Å². The minimum atomic E-state index is -0.247. The summed E-state index contributed by atoms with van der Waals surface area (Å²) in [5.74, 6) is -0.960. The third-order valence-electron chi connectivity index (χ3n) is 4.26. The summed E-state index contributed by atoms with van der Waals surface area (Å²) >= 11 is 0. The highest BCUT2D eigenvalue weighted by Gasteiger charge is 2.16. The number of hydrogen-bond donors (Lipinski definition) is 4. The highest BCUT2D eigenvalue weighted by Crippen LogP contribution is 2.43. The Balaban J connectivity index is 2.28. The molecule has 0 amide bonds. The van der Waals surface area contributed by atoms with Gasteiger partial charge in [0.2, 0.25) is 0 Å². The molecule has 0 aliphatic carbocycles. The fourth-order valence-corrected chi connectivity index (χ4v) is 2.97. The van der Waals surface area contributed by atoms with Gasteiger partial charge in [-0.05, 0) is 40.5 Å². The maximum Gasteiger partial charge on any atom is 0.166 e. The molecular weight excluding hydrogens is 328 g/mol. The lowest BCUT2D eigenvalue weighted by Crippen LogP contribution is -1.89. The minimum absolute atomic E-state index is 0.233. The standard InChI is InChI=1S/C22H18O4/c1-3-13-8-10-17(23)21(25)19(13)15-6-5-7-16(12-15)20-14(4-2)9-11-18(24)22(20)26/h3-12,23-26H,1-2H2. The van der Waals surface area contributed by atoms with E-state index in [1.165, 1.54) is 12.1 Å². The van der Waals surface area contributed by atoms with Crippen molar-refractivity contribution in [3.05, 3.63) is 72.8 Å². The molecule has 0 saturated carbocycles. The molecule has 130 valence electrons. The lowest BCUT2D eigenvalue weighted by Gasteiger charge is -2.14. The first-order valence-corrected chi connectivity index (χ1v) is 7.93. The number of aromatic hydroxyl groups is 4. The average Bonchev–Trinajstić information content (AvgIpc) is 2.65. The van der Waals surface area contributed by atoms with Gasteiger partial charge in [-0.2, -0.15) is 0 Å². The van der Waals surface area contributed by atoms with Crippen LogP contribution in [0.2, 0.25) is 0 Å². The molecule has 0 aliphatic heterocycles. The summed E-state index contributed by atoms with van der Waals surface area (Å²) in [4.78, 5) is 0. The molecule has 0 saturated heterocycles. The van der Waals surface area contributed by atoms with Crippen LogP contribution < -0.4 is 0 Å². The zero-order chi connectivity index (χ0) is 18.8. The van der Waals surface area contributed by atoms with Crippen LogP contribution in [0.5, 0.6) is 23.0 Å². The summed E-state index contributed by atoms with van der Waals surface area (Å²) in [6.45, 7) is 7.48. The largest absolute Gasteiger partial charge is 0.504 e. The SMILES string of the molecule is C=Cc1ccc(O)c(O)c1-c1cccc(-c2c(C=C)ccc(O)c2O)c1. The Hall–Kier alpha value is -3.66. The molecule has 3 aromatic rings. The fraction of sp³-hybridized carbons (Fsp3) is 0. The van der Waals surface area contributed by atoms with Crippen LogP contribution in [0.3, 0.4) is 0 Å². The minimum Gasteiger partial charge on any atom is -0.504 e. The van der Waals surface area contributed by atoms with Crippen molar-refractivity contribution in [2.24, 2.45) is 0 Å². The Labute approximate surface area is 151 Å². The Morgan fingerprint density at radius 2 is 1.04 bits per heavy atom. The lowest BCUT2D eigenvalue weighted by molar-refractivity contribution is 0.405. The molecule has 0 spiro atoms. The van der Waals surface area contributed by atoms with E-state index in [0.29, 0.717) is 33.4 Å². The molecule has 0 bridgehead atoms. The quantitative estimate of drug-likeness (QED) is 0.494. The van der Waals surface area contributed by atoms with E-state index in [0.717, 1.165) is 0 Å². The average molecular weight is 346 g/mol. The van der Waals surface area contributed by atoms with Gasteiger partial charge in [-0.3, -0.25) is 0 Å². The molecule has 0 heterocycles. The van der Waals surface area contributed by atoms with Gasteiger partial charge in [-0.1, -0.05) is 55.6 Å². The molecule has 4 N–H and O–H groups in total. The van der Waals surface area contributed by atoms with Crippen molar-refractivity contribution >= 4 is 12.2 Å². The van der Waals surface area contributed by atoms with E-state index in [1.54, 1.807) is 48.6 Å². The van der Waals surface area contributed by atoms with Gasteiger partial charge in [0.1, 0.15) is 0 Å². The Bertz CT molecular complexity index is 940. The smallest absolute Gasteiger partial charge is 0.166 e. The van der Waals surface area contributed by atoms with Crippen molar-refractivity contribution in [1.82, 2.24) is 0 Å². The first kappa shape index (κ1) is 17.2. The van der Waals surface area contributed by atoms with Gasteiger partial charge in [-0.15, -0.1) is 0 Å². The van der Waals surface area contributed by atoms with E-state index in [9.17, 15) is 20.4 Å². The van der Waals surface area contributed by atoms with Crippen molar-refractivity contribution in [2.75, 3.05) is 0 Å². The van der Waals surface area contributed by atoms with Crippen molar-refractivity contribution in [3.63, 3.8) is 0 Å². The first-order valence-electron chi connectivity index (χ1n) is 7.93. The lowest BCUT2D eigenvalue weighted by atomic mass is 9.92. The Kier molecular flexibility index (Phi) is 4.42. The third-order valence-corrected chi connectivity index (χ3v) is 4.26. The van der Waals surface area contributed by atoms with Gasteiger partial charge < -0.3 is 20.4 Å². The summed E-state index contributed by atoms with van der Waals surface area (Å²) < 4.78 is 0. The zero-order valence-corrected chi connectivity index (χ0v) is 14.0. The molecule has 26 heavy (non-hydrogen) atoms. The topological polar surface area (TPSA) is 80.9 Å². The van der Waals surface area contributed by atoms with Crippen LogP contribution >= 0.6 is 0 Å². The molecule has 4 nitrogen and oxygen atoms in total. The summed E-state index contributed by atoms with van der Waals surface area (Å²) in [5, 5.41) is 40.4. The van der Waals surface area contributed by atoms with E-state index in [-0.39, 0.29) is 23.0 Å². The van der Waals surface area contributed by atoms with Crippen LogP contribution in [0.15, 0.2) is 61.7 Å². The van der Waals surface area contributed by atoms with E-state index in [2.05, 4.69) is 13.2 Å². The second kappa shape index (κ2) is 6.69. The van der Waals surface area contributed by atoms with E-state index in [1.807, 2.05) is 0 Å². The fourth-order valence-electron chi connectivity index (χ4n) is 2.97. The Morgan fingerprint density at radius 3 is 1.42 bits per heavy atom. The van der Waals surface area contributed by atoms with Gasteiger partial charge in [0.25, 0.3) is 0 Å². The van der Waals surface area contributed by atoms with E-state index >= 15 is 0 Å². The molecule has 0 fully saturated rings. The third kappa shape index (κ3) is 2.78. The normalized spacial score (nSPS) is 10.5. The van der Waals surface area contributed by atoms with E-state index < -0.39 is 0 Å². The van der Waals surface area contributed by atoms with Crippen LogP contribution in [-0.4, -0.2) is 20.4 Å². The maximum atomic E-state index is 10.3. The molecular formula is C22H18O4. The van der Waals surface area contributed by atoms with Crippen molar-refractivity contribution in [2.45, 2.75) is 0 Å². The molecule has 3 aromatic carbocycles. The summed E-state index contributed by atoms with van der Waals surface area (Å²) in [6.07, 6.45) is 3.17. The molecule has 0 atom stereocenters. The number of phenols is 4. The predicted octanol–water partition coefficient (Wildman–Crippen LogP) is 5.13. The number of benzene rings is 3. The van der Waals surface area contributed by atoms with Gasteiger partial charge in [0, 0.05) is 11.1 Å². The molecule has 0 radical (unpaired) electrons. The second-order valence-corrected chi connectivity index (χ2v) is 5.78. The monoisotopic (exact) mass is 346 g/mol. The van der Waals surface area contributed by atoms with Crippen molar-refractivity contribution in [3.8, 4) is 45.3 Å².